The quantitative estimate of drug-likeness (QED) is 0.885. The van der Waals surface area contributed by atoms with E-state index in [2.05, 4.69) is 11.0 Å². The maximum Gasteiger partial charge on any atom is 0.307 e. The molecule has 0 aromatic heterocycles. The van der Waals surface area contributed by atoms with Crippen LogP contribution in [0.4, 0.5) is 5.69 Å². The molecule has 0 saturated carbocycles. The van der Waals surface area contributed by atoms with Crippen molar-refractivity contribution in [3.63, 3.8) is 0 Å². The molecule has 0 aliphatic carbocycles. The van der Waals surface area contributed by atoms with Crippen molar-refractivity contribution in [1.82, 2.24) is 0 Å². The molecule has 1 aliphatic heterocycles. The van der Waals surface area contributed by atoms with Crippen LogP contribution in [0.25, 0.3) is 0 Å². The average Bonchev–Trinajstić information content (AvgIpc) is 2.37. The Labute approximate surface area is 113 Å². The second-order valence-electron chi connectivity index (χ2n) is 5.75. The molecule has 1 atom stereocenters. The number of nitrogens with zero attached hydrogens (tertiary/aromatic N) is 2. The topological polar surface area (TPSA) is 64.3 Å². The molecule has 1 aromatic carbocycles. The summed E-state index contributed by atoms with van der Waals surface area (Å²) >= 11 is 0. The van der Waals surface area contributed by atoms with Crippen LogP contribution in [-0.4, -0.2) is 24.2 Å². The van der Waals surface area contributed by atoms with Crippen LogP contribution in [0.5, 0.6) is 0 Å². The largest absolute Gasteiger partial charge is 0.481 e. The number of hydrogen-bond acceptors (Lipinski definition) is 3. The third-order valence-corrected chi connectivity index (χ3v) is 3.89. The lowest BCUT2D eigenvalue weighted by atomic mass is 9.74. The monoisotopic (exact) mass is 258 g/mol. The van der Waals surface area contributed by atoms with Gasteiger partial charge in [0, 0.05) is 18.8 Å². The SMILES string of the molecule is CC1(C)CN(c2ccc(C#N)cc2)CCC1C(=O)O. The van der Waals surface area contributed by atoms with E-state index in [4.69, 9.17) is 5.26 Å². The van der Waals surface area contributed by atoms with Crippen molar-refractivity contribution < 1.29 is 9.90 Å². The Morgan fingerprint density at radius 1 is 1.42 bits per heavy atom. The average molecular weight is 258 g/mol. The first kappa shape index (κ1) is 13.4. The van der Waals surface area contributed by atoms with Gasteiger partial charge in [-0.25, -0.2) is 0 Å². The smallest absolute Gasteiger partial charge is 0.307 e. The first-order valence-electron chi connectivity index (χ1n) is 6.42. The highest BCUT2D eigenvalue weighted by atomic mass is 16.4. The fourth-order valence-electron chi connectivity index (χ4n) is 2.78. The lowest BCUT2D eigenvalue weighted by Crippen LogP contribution is -2.48. The van der Waals surface area contributed by atoms with Gasteiger partial charge in [-0.2, -0.15) is 5.26 Å². The third-order valence-electron chi connectivity index (χ3n) is 3.89. The molecule has 1 heterocycles. The number of piperidine rings is 1. The van der Waals surface area contributed by atoms with E-state index >= 15 is 0 Å². The summed E-state index contributed by atoms with van der Waals surface area (Å²) in [6, 6.07) is 9.55. The Morgan fingerprint density at radius 2 is 2.05 bits per heavy atom. The van der Waals surface area contributed by atoms with Gasteiger partial charge >= 0.3 is 5.97 Å². The summed E-state index contributed by atoms with van der Waals surface area (Å²) in [5.41, 5.74) is 1.44. The maximum atomic E-state index is 11.2. The number of hydrogen-bond donors (Lipinski definition) is 1. The first-order chi connectivity index (χ1) is 8.94. The Hall–Kier alpha value is -2.02. The van der Waals surface area contributed by atoms with Crippen molar-refractivity contribution in [2.45, 2.75) is 20.3 Å². The van der Waals surface area contributed by atoms with Crippen LogP contribution in [0.2, 0.25) is 0 Å². The predicted octanol–water partition coefficient (Wildman–Crippen LogP) is 2.50. The summed E-state index contributed by atoms with van der Waals surface area (Å²) in [6.45, 7) is 5.46. The van der Waals surface area contributed by atoms with E-state index in [1.54, 1.807) is 12.1 Å². The summed E-state index contributed by atoms with van der Waals surface area (Å²) < 4.78 is 0. The number of carboxylic acid groups (broad SMARTS) is 1. The number of benzene rings is 1. The number of rotatable bonds is 2. The molecule has 1 aliphatic rings. The standard InChI is InChI=1S/C15H18N2O2/c1-15(2)10-17(8-7-13(15)14(18)19)12-5-3-11(9-16)4-6-12/h3-6,13H,7-8,10H2,1-2H3,(H,18,19). The highest BCUT2D eigenvalue weighted by Crippen LogP contribution is 2.36. The van der Waals surface area contributed by atoms with Crippen LogP contribution in [0.3, 0.4) is 0 Å². The molecule has 1 fully saturated rings. The van der Waals surface area contributed by atoms with Crippen molar-refractivity contribution in [2.75, 3.05) is 18.0 Å². The molecule has 0 radical (unpaired) electrons. The van der Waals surface area contributed by atoms with Gasteiger partial charge in [0.15, 0.2) is 0 Å². The zero-order valence-corrected chi connectivity index (χ0v) is 11.3. The molecular formula is C15H18N2O2. The molecule has 1 N–H and O–H groups in total. The van der Waals surface area contributed by atoms with E-state index in [0.717, 1.165) is 18.8 Å². The van der Waals surface area contributed by atoms with Crippen molar-refractivity contribution in [2.24, 2.45) is 11.3 Å². The van der Waals surface area contributed by atoms with Crippen molar-refractivity contribution in [3.8, 4) is 6.07 Å². The van der Waals surface area contributed by atoms with Crippen LogP contribution >= 0.6 is 0 Å². The van der Waals surface area contributed by atoms with Crippen molar-refractivity contribution in [1.29, 1.82) is 5.26 Å². The van der Waals surface area contributed by atoms with Gasteiger partial charge < -0.3 is 10.0 Å². The Balaban J connectivity index is 2.16. The molecule has 4 nitrogen and oxygen atoms in total. The predicted molar refractivity (Wildman–Crippen MR) is 72.9 cm³/mol. The van der Waals surface area contributed by atoms with Crippen LogP contribution in [0, 0.1) is 22.7 Å². The number of nitriles is 1. The fraction of sp³-hybridized carbons (Fsp3) is 0.467. The summed E-state index contributed by atoms with van der Waals surface area (Å²) in [5, 5.41) is 18.0. The fourth-order valence-corrected chi connectivity index (χ4v) is 2.78. The molecule has 2 rings (SSSR count). The Bertz CT molecular complexity index is 514. The Kier molecular flexibility index (Phi) is 3.48. The van der Waals surface area contributed by atoms with Crippen molar-refractivity contribution in [3.05, 3.63) is 29.8 Å². The van der Waals surface area contributed by atoms with Crippen LogP contribution in [-0.2, 0) is 4.79 Å². The lowest BCUT2D eigenvalue weighted by molar-refractivity contribution is -0.146. The molecule has 1 saturated heterocycles. The minimum absolute atomic E-state index is 0.252. The van der Waals surface area contributed by atoms with Crippen LogP contribution in [0.15, 0.2) is 24.3 Å². The highest BCUT2D eigenvalue weighted by molar-refractivity contribution is 5.71. The van der Waals surface area contributed by atoms with Gasteiger partial charge in [0.1, 0.15) is 0 Å². The summed E-state index contributed by atoms with van der Waals surface area (Å²) in [4.78, 5) is 13.4. The second-order valence-corrected chi connectivity index (χ2v) is 5.75. The zero-order valence-electron chi connectivity index (χ0n) is 11.3. The molecular weight excluding hydrogens is 240 g/mol. The molecule has 1 aromatic rings. The molecule has 1 unspecified atom stereocenters. The van der Waals surface area contributed by atoms with Crippen molar-refractivity contribution >= 4 is 11.7 Å². The zero-order chi connectivity index (χ0) is 14.0. The summed E-state index contributed by atoms with van der Waals surface area (Å²) in [5.74, 6) is -0.994. The minimum Gasteiger partial charge on any atom is -0.481 e. The van der Waals surface area contributed by atoms with Gasteiger partial charge in [0.25, 0.3) is 0 Å². The molecule has 0 amide bonds. The highest BCUT2D eigenvalue weighted by Gasteiger charge is 2.40. The minimum atomic E-state index is -0.704. The number of carbonyl (C=O) groups is 1. The molecule has 0 bridgehead atoms. The lowest BCUT2D eigenvalue weighted by Gasteiger charge is -2.43. The van der Waals surface area contributed by atoms with Gasteiger partial charge in [-0.3, -0.25) is 4.79 Å². The van der Waals surface area contributed by atoms with E-state index in [1.165, 1.54) is 0 Å². The molecule has 19 heavy (non-hydrogen) atoms. The van der Waals surface area contributed by atoms with Crippen LogP contribution in [0.1, 0.15) is 25.8 Å². The third kappa shape index (κ3) is 2.70. The number of anilines is 1. The summed E-state index contributed by atoms with van der Waals surface area (Å²) in [6.07, 6.45) is 0.655. The maximum absolute atomic E-state index is 11.2. The van der Waals surface area contributed by atoms with Gasteiger partial charge in [0.05, 0.1) is 17.6 Å². The van der Waals surface area contributed by atoms with Gasteiger partial charge in [-0.05, 0) is 36.1 Å². The second kappa shape index (κ2) is 4.93. The van der Waals surface area contributed by atoms with Crippen LogP contribution < -0.4 is 4.90 Å². The molecule has 0 spiro atoms. The summed E-state index contributed by atoms with van der Waals surface area (Å²) in [7, 11) is 0. The number of aliphatic carboxylic acids is 1. The normalized spacial score (nSPS) is 21.7. The van der Waals surface area contributed by atoms with E-state index in [-0.39, 0.29) is 11.3 Å². The number of carboxylic acids is 1. The molecule has 4 heteroatoms. The van der Waals surface area contributed by atoms with Gasteiger partial charge in [-0.15, -0.1) is 0 Å². The molecule has 100 valence electrons. The van der Waals surface area contributed by atoms with Gasteiger partial charge in [0.2, 0.25) is 0 Å². The van der Waals surface area contributed by atoms with E-state index in [0.29, 0.717) is 12.0 Å². The van der Waals surface area contributed by atoms with E-state index in [1.807, 2.05) is 26.0 Å². The Morgan fingerprint density at radius 3 is 2.53 bits per heavy atom. The van der Waals surface area contributed by atoms with E-state index < -0.39 is 5.97 Å². The van der Waals surface area contributed by atoms with Gasteiger partial charge in [-0.1, -0.05) is 13.8 Å². The first-order valence-corrected chi connectivity index (χ1v) is 6.42. The van der Waals surface area contributed by atoms with E-state index in [9.17, 15) is 9.90 Å².